The van der Waals surface area contributed by atoms with Gasteiger partial charge in [0, 0.05) is 18.5 Å². The van der Waals surface area contributed by atoms with Gasteiger partial charge in [0.15, 0.2) is 11.5 Å². The minimum Gasteiger partial charge on any atom is -0.486 e. The molecule has 6 heteroatoms. The zero-order valence-electron chi connectivity index (χ0n) is 15.6. The van der Waals surface area contributed by atoms with Crippen molar-refractivity contribution in [2.24, 2.45) is 0 Å². The van der Waals surface area contributed by atoms with Crippen molar-refractivity contribution in [3.05, 3.63) is 114 Å². The van der Waals surface area contributed by atoms with Crippen molar-refractivity contribution < 1.29 is 14.1 Å². The molecule has 2 heterocycles. The van der Waals surface area contributed by atoms with Crippen LogP contribution < -0.4 is 10.1 Å². The number of carbonyl (C=O) groups excluding carboxylic acids is 1. The summed E-state index contributed by atoms with van der Waals surface area (Å²) in [6.07, 6.45) is 3.40. The van der Waals surface area contributed by atoms with Crippen LogP contribution in [0.2, 0.25) is 0 Å². The molecule has 6 nitrogen and oxygen atoms in total. The molecule has 1 amide bonds. The van der Waals surface area contributed by atoms with Gasteiger partial charge in [-0.3, -0.25) is 9.78 Å². The molecule has 0 aliphatic rings. The second-order valence-electron chi connectivity index (χ2n) is 6.38. The molecular formula is C23H19N3O3. The summed E-state index contributed by atoms with van der Waals surface area (Å²) in [6.45, 7) is 0.191. The normalized spacial score (nSPS) is 11.6. The minimum absolute atomic E-state index is 0.191. The average Bonchev–Trinajstić information content (AvgIpc) is 3.27. The molecule has 0 spiro atoms. The van der Waals surface area contributed by atoms with Crippen LogP contribution in [0.5, 0.6) is 5.75 Å². The number of ether oxygens (including phenoxy) is 1. The molecule has 4 aromatic rings. The molecule has 2 aromatic carbocycles. The van der Waals surface area contributed by atoms with E-state index in [0.717, 1.165) is 16.9 Å². The number of benzene rings is 2. The second-order valence-corrected chi connectivity index (χ2v) is 6.38. The van der Waals surface area contributed by atoms with Crippen LogP contribution in [0.1, 0.15) is 33.4 Å². The van der Waals surface area contributed by atoms with Crippen LogP contribution in [0, 0.1) is 0 Å². The standard InChI is InChI=1S/C23H19N3O3/c27-23(21-15-20(29-26-21)16-28-19-9-5-2-6-10-19)25-22(17-7-3-1-4-8-17)18-11-13-24-14-12-18/h1-15,22H,16H2,(H,25,27)/t22-/m1/s1. The SMILES string of the molecule is O=C(N[C@H](c1ccccc1)c1ccncc1)c1cc(COc2ccccc2)on1. The molecule has 0 aliphatic carbocycles. The van der Waals surface area contributed by atoms with Gasteiger partial charge in [-0.25, -0.2) is 0 Å². The zero-order valence-corrected chi connectivity index (χ0v) is 15.6. The largest absolute Gasteiger partial charge is 0.486 e. The molecule has 0 saturated heterocycles. The summed E-state index contributed by atoms with van der Waals surface area (Å²) in [6, 6.07) is 24.1. The summed E-state index contributed by atoms with van der Waals surface area (Å²) in [4.78, 5) is 16.9. The molecule has 0 radical (unpaired) electrons. The van der Waals surface area contributed by atoms with Crippen LogP contribution in [0.4, 0.5) is 0 Å². The maximum atomic E-state index is 12.8. The zero-order chi connectivity index (χ0) is 19.9. The van der Waals surface area contributed by atoms with E-state index in [0.29, 0.717) is 5.76 Å². The summed E-state index contributed by atoms with van der Waals surface area (Å²) in [7, 11) is 0. The molecule has 0 fully saturated rings. The molecule has 1 N–H and O–H groups in total. The number of carbonyl (C=O) groups is 1. The van der Waals surface area contributed by atoms with E-state index in [-0.39, 0.29) is 24.2 Å². The van der Waals surface area contributed by atoms with Crippen molar-refractivity contribution in [2.45, 2.75) is 12.6 Å². The summed E-state index contributed by atoms with van der Waals surface area (Å²) in [5.74, 6) is 0.862. The highest BCUT2D eigenvalue weighted by Gasteiger charge is 2.20. The highest BCUT2D eigenvalue weighted by molar-refractivity contribution is 5.92. The van der Waals surface area contributed by atoms with Crippen molar-refractivity contribution in [2.75, 3.05) is 0 Å². The Morgan fingerprint density at radius 1 is 0.931 bits per heavy atom. The van der Waals surface area contributed by atoms with Gasteiger partial charge in [0.25, 0.3) is 5.91 Å². The molecule has 0 unspecified atom stereocenters. The highest BCUT2D eigenvalue weighted by Crippen LogP contribution is 2.22. The van der Waals surface area contributed by atoms with Gasteiger partial charge in [0.1, 0.15) is 12.4 Å². The Bertz CT molecular complexity index is 1010. The molecular weight excluding hydrogens is 366 g/mol. The van der Waals surface area contributed by atoms with E-state index < -0.39 is 0 Å². The van der Waals surface area contributed by atoms with Gasteiger partial charge < -0.3 is 14.6 Å². The van der Waals surface area contributed by atoms with E-state index in [1.165, 1.54) is 0 Å². The Hall–Kier alpha value is -3.93. The van der Waals surface area contributed by atoms with Crippen LogP contribution >= 0.6 is 0 Å². The van der Waals surface area contributed by atoms with E-state index in [2.05, 4.69) is 15.5 Å². The van der Waals surface area contributed by atoms with E-state index in [1.807, 2.05) is 72.8 Å². The lowest BCUT2D eigenvalue weighted by molar-refractivity contribution is 0.0933. The van der Waals surface area contributed by atoms with E-state index in [1.54, 1.807) is 18.5 Å². The lowest BCUT2D eigenvalue weighted by atomic mass is 9.99. The second kappa shape index (κ2) is 8.84. The van der Waals surface area contributed by atoms with Gasteiger partial charge in [-0.15, -0.1) is 0 Å². The molecule has 0 aliphatic heterocycles. The minimum atomic E-state index is -0.328. The van der Waals surface area contributed by atoms with Crippen LogP contribution in [-0.2, 0) is 6.61 Å². The number of pyridine rings is 1. The predicted octanol–water partition coefficient (Wildman–Crippen LogP) is 4.17. The fourth-order valence-corrected chi connectivity index (χ4v) is 2.92. The Morgan fingerprint density at radius 2 is 1.59 bits per heavy atom. The van der Waals surface area contributed by atoms with Gasteiger partial charge in [0.2, 0.25) is 0 Å². The lowest BCUT2D eigenvalue weighted by Crippen LogP contribution is -2.29. The number of aromatic nitrogens is 2. The summed E-state index contributed by atoms with van der Waals surface area (Å²) < 4.78 is 10.9. The monoisotopic (exact) mass is 385 g/mol. The third-order valence-electron chi connectivity index (χ3n) is 4.36. The highest BCUT2D eigenvalue weighted by atomic mass is 16.5. The van der Waals surface area contributed by atoms with Crippen LogP contribution in [-0.4, -0.2) is 16.0 Å². The van der Waals surface area contributed by atoms with Gasteiger partial charge >= 0.3 is 0 Å². The summed E-state index contributed by atoms with van der Waals surface area (Å²) in [5, 5.41) is 6.91. The van der Waals surface area contributed by atoms with Crippen molar-refractivity contribution in [3.8, 4) is 5.75 Å². The molecule has 0 bridgehead atoms. The Balaban J connectivity index is 1.47. The van der Waals surface area contributed by atoms with Crippen LogP contribution in [0.15, 0.2) is 95.8 Å². The lowest BCUT2D eigenvalue weighted by Gasteiger charge is -2.19. The summed E-state index contributed by atoms with van der Waals surface area (Å²) >= 11 is 0. The number of hydrogen-bond acceptors (Lipinski definition) is 5. The molecule has 2 aromatic heterocycles. The number of amides is 1. The first kappa shape index (κ1) is 18.4. The van der Waals surface area contributed by atoms with Crippen LogP contribution in [0.25, 0.3) is 0 Å². The molecule has 144 valence electrons. The number of nitrogens with zero attached hydrogens (tertiary/aromatic N) is 2. The smallest absolute Gasteiger partial charge is 0.274 e. The fraction of sp³-hybridized carbons (Fsp3) is 0.0870. The van der Waals surface area contributed by atoms with Crippen LogP contribution in [0.3, 0.4) is 0 Å². The molecule has 29 heavy (non-hydrogen) atoms. The first-order valence-corrected chi connectivity index (χ1v) is 9.19. The van der Waals surface area contributed by atoms with Gasteiger partial charge in [-0.05, 0) is 35.4 Å². The first-order valence-electron chi connectivity index (χ1n) is 9.19. The Kier molecular flexibility index (Phi) is 5.62. The van der Waals surface area contributed by atoms with E-state index >= 15 is 0 Å². The van der Waals surface area contributed by atoms with Crippen molar-refractivity contribution in [3.63, 3.8) is 0 Å². The average molecular weight is 385 g/mol. The summed E-state index contributed by atoms with van der Waals surface area (Å²) in [5.41, 5.74) is 2.09. The maximum absolute atomic E-state index is 12.8. The molecule has 0 saturated carbocycles. The number of hydrogen-bond donors (Lipinski definition) is 1. The third-order valence-corrected chi connectivity index (χ3v) is 4.36. The van der Waals surface area contributed by atoms with Crippen molar-refractivity contribution in [1.82, 2.24) is 15.5 Å². The molecule has 4 rings (SSSR count). The maximum Gasteiger partial charge on any atom is 0.274 e. The quantitative estimate of drug-likeness (QED) is 0.517. The van der Waals surface area contributed by atoms with Gasteiger partial charge in [-0.1, -0.05) is 53.7 Å². The third kappa shape index (κ3) is 4.68. The fourth-order valence-electron chi connectivity index (χ4n) is 2.92. The van der Waals surface area contributed by atoms with E-state index in [4.69, 9.17) is 9.26 Å². The van der Waals surface area contributed by atoms with Gasteiger partial charge in [0.05, 0.1) is 6.04 Å². The predicted molar refractivity (Wildman–Crippen MR) is 107 cm³/mol. The van der Waals surface area contributed by atoms with Gasteiger partial charge in [-0.2, -0.15) is 0 Å². The van der Waals surface area contributed by atoms with Crippen molar-refractivity contribution >= 4 is 5.91 Å². The first-order chi connectivity index (χ1) is 14.3. The Morgan fingerprint density at radius 3 is 2.31 bits per heavy atom. The number of rotatable bonds is 7. The molecule has 1 atom stereocenters. The topological polar surface area (TPSA) is 77.2 Å². The number of para-hydroxylation sites is 1. The number of nitrogens with one attached hydrogen (secondary N) is 1. The Labute approximate surface area is 168 Å². The van der Waals surface area contributed by atoms with E-state index in [9.17, 15) is 4.79 Å². The van der Waals surface area contributed by atoms with Crippen molar-refractivity contribution in [1.29, 1.82) is 0 Å².